The molecular weight excluding hydrogens is 170 g/mol. The zero-order valence-electron chi connectivity index (χ0n) is 9.76. The van der Waals surface area contributed by atoms with Crippen molar-refractivity contribution < 1.29 is 0 Å². The van der Waals surface area contributed by atoms with Crippen LogP contribution in [0.3, 0.4) is 0 Å². The van der Waals surface area contributed by atoms with E-state index in [4.69, 9.17) is 0 Å². The third kappa shape index (κ3) is 2.31. The van der Waals surface area contributed by atoms with Gasteiger partial charge in [0.05, 0.1) is 0 Å². The Kier molecular flexibility index (Phi) is 3.48. The molecule has 1 N–H and O–H groups in total. The smallest absolute Gasteiger partial charge is 0.00978 e. The second kappa shape index (κ2) is 4.65. The standard InChI is InChI=1S/C13H25N/c1-3-11-5-4-6-13(11)14-12-8-7-10(2)9-12/h10-14H,3-9H2,1-2H3. The molecule has 0 saturated heterocycles. The van der Waals surface area contributed by atoms with Crippen LogP contribution in [0.4, 0.5) is 0 Å². The van der Waals surface area contributed by atoms with Crippen molar-refractivity contribution in [3.8, 4) is 0 Å². The lowest BCUT2D eigenvalue weighted by Gasteiger charge is -2.24. The summed E-state index contributed by atoms with van der Waals surface area (Å²) in [5, 5.41) is 3.91. The van der Waals surface area contributed by atoms with Crippen molar-refractivity contribution in [3.05, 3.63) is 0 Å². The van der Waals surface area contributed by atoms with E-state index < -0.39 is 0 Å². The van der Waals surface area contributed by atoms with Gasteiger partial charge in [0.2, 0.25) is 0 Å². The highest BCUT2D eigenvalue weighted by molar-refractivity contribution is 4.87. The summed E-state index contributed by atoms with van der Waals surface area (Å²) in [5.74, 6) is 1.94. The summed E-state index contributed by atoms with van der Waals surface area (Å²) in [6, 6.07) is 1.71. The fraction of sp³-hybridized carbons (Fsp3) is 1.00. The molecule has 0 radical (unpaired) electrons. The molecule has 0 bridgehead atoms. The molecule has 0 aromatic heterocycles. The molecule has 2 saturated carbocycles. The van der Waals surface area contributed by atoms with Crippen LogP contribution in [0.25, 0.3) is 0 Å². The van der Waals surface area contributed by atoms with E-state index >= 15 is 0 Å². The van der Waals surface area contributed by atoms with Crippen LogP contribution in [0.15, 0.2) is 0 Å². The van der Waals surface area contributed by atoms with E-state index in [0.717, 1.165) is 23.9 Å². The first kappa shape index (κ1) is 10.5. The maximum absolute atomic E-state index is 3.91. The van der Waals surface area contributed by atoms with Gasteiger partial charge in [0.1, 0.15) is 0 Å². The topological polar surface area (TPSA) is 12.0 Å². The van der Waals surface area contributed by atoms with Gasteiger partial charge in [-0.25, -0.2) is 0 Å². The minimum atomic E-state index is 0.849. The lowest BCUT2D eigenvalue weighted by Crippen LogP contribution is -2.39. The van der Waals surface area contributed by atoms with Gasteiger partial charge in [-0.05, 0) is 43.9 Å². The van der Waals surface area contributed by atoms with Gasteiger partial charge in [-0.1, -0.05) is 26.7 Å². The molecule has 0 aliphatic heterocycles. The molecule has 0 spiro atoms. The highest BCUT2D eigenvalue weighted by Gasteiger charge is 2.29. The van der Waals surface area contributed by atoms with Gasteiger partial charge in [0, 0.05) is 12.1 Å². The number of hydrogen-bond acceptors (Lipinski definition) is 1. The first-order valence-corrected chi connectivity index (χ1v) is 6.55. The lowest BCUT2D eigenvalue weighted by atomic mass is 9.99. The van der Waals surface area contributed by atoms with Crippen LogP contribution in [-0.2, 0) is 0 Å². The van der Waals surface area contributed by atoms with Crippen LogP contribution in [0.5, 0.6) is 0 Å². The van der Waals surface area contributed by atoms with Crippen molar-refractivity contribution in [1.29, 1.82) is 0 Å². The second-order valence-corrected chi connectivity index (χ2v) is 5.49. The zero-order chi connectivity index (χ0) is 9.97. The number of rotatable bonds is 3. The minimum Gasteiger partial charge on any atom is -0.311 e. The van der Waals surface area contributed by atoms with Gasteiger partial charge in [-0.3, -0.25) is 0 Å². The van der Waals surface area contributed by atoms with E-state index in [2.05, 4.69) is 19.2 Å². The summed E-state index contributed by atoms with van der Waals surface area (Å²) in [5.41, 5.74) is 0. The van der Waals surface area contributed by atoms with E-state index in [1.54, 1.807) is 0 Å². The number of hydrogen-bond donors (Lipinski definition) is 1. The first-order valence-electron chi connectivity index (χ1n) is 6.55. The fourth-order valence-electron chi connectivity index (χ4n) is 3.41. The maximum atomic E-state index is 3.91. The molecule has 0 heterocycles. The lowest BCUT2D eigenvalue weighted by molar-refractivity contribution is 0.345. The van der Waals surface area contributed by atoms with E-state index in [1.807, 2.05) is 0 Å². The van der Waals surface area contributed by atoms with Gasteiger partial charge >= 0.3 is 0 Å². The van der Waals surface area contributed by atoms with Crippen LogP contribution in [0, 0.1) is 11.8 Å². The van der Waals surface area contributed by atoms with Crippen molar-refractivity contribution in [2.45, 2.75) is 70.9 Å². The molecule has 1 heteroatoms. The first-order chi connectivity index (χ1) is 6.79. The summed E-state index contributed by atoms with van der Waals surface area (Å²) in [4.78, 5) is 0. The van der Waals surface area contributed by atoms with E-state index in [1.165, 1.54) is 44.9 Å². The van der Waals surface area contributed by atoms with Crippen LogP contribution in [0.2, 0.25) is 0 Å². The molecule has 2 fully saturated rings. The predicted molar refractivity (Wildman–Crippen MR) is 61.4 cm³/mol. The summed E-state index contributed by atoms with van der Waals surface area (Å²) >= 11 is 0. The zero-order valence-corrected chi connectivity index (χ0v) is 9.76. The van der Waals surface area contributed by atoms with Crippen LogP contribution in [-0.4, -0.2) is 12.1 Å². The highest BCUT2D eigenvalue weighted by Crippen LogP contribution is 2.31. The van der Waals surface area contributed by atoms with Gasteiger partial charge in [0.15, 0.2) is 0 Å². The van der Waals surface area contributed by atoms with Crippen molar-refractivity contribution >= 4 is 0 Å². The quantitative estimate of drug-likeness (QED) is 0.728. The van der Waals surface area contributed by atoms with Crippen molar-refractivity contribution in [2.24, 2.45) is 11.8 Å². The molecule has 2 aliphatic rings. The Morgan fingerprint density at radius 1 is 1.14 bits per heavy atom. The maximum Gasteiger partial charge on any atom is 0.00978 e. The summed E-state index contributed by atoms with van der Waals surface area (Å²) in [6.45, 7) is 4.75. The SMILES string of the molecule is CCC1CCCC1NC1CCC(C)C1. The Labute approximate surface area is 88.7 Å². The molecular formula is C13H25N. The minimum absolute atomic E-state index is 0.849. The monoisotopic (exact) mass is 195 g/mol. The van der Waals surface area contributed by atoms with Crippen molar-refractivity contribution in [3.63, 3.8) is 0 Å². The Morgan fingerprint density at radius 3 is 2.64 bits per heavy atom. The average Bonchev–Trinajstić information content (AvgIpc) is 2.76. The van der Waals surface area contributed by atoms with Crippen LogP contribution >= 0.6 is 0 Å². The number of nitrogens with one attached hydrogen (secondary N) is 1. The van der Waals surface area contributed by atoms with Crippen LogP contribution < -0.4 is 5.32 Å². The summed E-state index contributed by atoms with van der Waals surface area (Å²) in [6.07, 6.45) is 10.0. The molecule has 2 rings (SSSR count). The highest BCUT2D eigenvalue weighted by atomic mass is 15.0. The summed E-state index contributed by atoms with van der Waals surface area (Å²) in [7, 11) is 0. The van der Waals surface area contributed by atoms with E-state index in [-0.39, 0.29) is 0 Å². The molecule has 82 valence electrons. The molecule has 0 amide bonds. The van der Waals surface area contributed by atoms with Crippen LogP contribution in [0.1, 0.15) is 58.8 Å². The van der Waals surface area contributed by atoms with E-state index in [0.29, 0.717) is 0 Å². The third-order valence-electron chi connectivity index (χ3n) is 4.33. The molecule has 2 aliphatic carbocycles. The van der Waals surface area contributed by atoms with Crippen molar-refractivity contribution in [1.82, 2.24) is 5.32 Å². The van der Waals surface area contributed by atoms with E-state index in [9.17, 15) is 0 Å². The van der Waals surface area contributed by atoms with Gasteiger partial charge < -0.3 is 5.32 Å². The normalized spacial score (nSPS) is 43.3. The van der Waals surface area contributed by atoms with Gasteiger partial charge in [0.25, 0.3) is 0 Å². The summed E-state index contributed by atoms with van der Waals surface area (Å²) < 4.78 is 0. The second-order valence-electron chi connectivity index (χ2n) is 5.49. The largest absolute Gasteiger partial charge is 0.311 e. The molecule has 0 aromatic rings. The Morgan fingerprint density at radius 2 is 2.00 bits per heavy atom. The molecule has 14 heavy (non-hydrogen) atoms. The molecule has 4 atom stereocenters. The Hall–Kier alpha value is -0.0400. The Balaban J connectivity index is 1.79. The molecule has 0 aromatic carbocycles. The average molecular weight is 195 g/mol. The predicted octanol–water partition coefficient (Wildman–Crippen LogP) is 3.34. The Bertz CT molecular complexity index is 178. The molecule has 4 unspecified atom stereocenters. The third-order valence-corrected chi connectivity index (χ3v) is 4.33. The van der Waals surface area contributed by atoms with Gasteiger partial charge in [-0.15, -0.1) is 0 Å². The fourth-order valence-corrected chi connectivity index (χ4v) is 3.41. The van der Waals surface area contributed by atoms with Gasteiger partial charge in [-0.2, -0.15) is 0 Å². The molecule has 1 nitrogen and oxygen atoms in total. The van der Waals surface area contributed by atoms with Crippen molar-refractivity contribution in [2.75, 3.05) is 0 Å².